The number of anilines is 1. The summed E-state index contributed by atoms with van der Waals surface area (Å²) in [5.74, 6) is 0. The number of thiazole rings is 1. The highest BCUT2D eigenvalue weighted by Gasteiger charge is 2.21. The number of aromatic nitrogens is 1. The van der Waals surface area contributed by atoms with E-state index in [0.717, 1.165) is 0 Å². The van der Waals surface area contributed by atoms with Crippen LogP contribution in [0.5, 0.6) is 0 Å². The van der Waals surface area contributed by atoms with Gasteiger partial charge in [-0.05, 0) is 55.8 Å². The van der Waals surface area contributed by atoms with Gasteiger partial charge in [-0.2, -0.15) is 4.57 Å². The molecule has 0 unspecified atom stereocenters. The number of thioether (sulfide) groups is 3. The molecule has 0 spiro atoms. The molecule has 0 N–H and O–H groups in total. The van der Waals surface area contributed by atoms with E-state index < -0.39 is 0 Å². The number of allylic oxidation sites excluding steroid dienone is 6. The van der Waals surface area contributed by atoms with Crippen LogP contribution < -0.4 is 9.47 Å². The molecule has 164 valence electrons. The second-order valence-electron chi connectivity index (χ2n) is 7.46. The fourth-order valence-electron chi connectivity index (χ4n) is 3.46. The third-order valence-corrected chi connectivity index (χ3v) is 9.16. The van der Waals surface area contributed by atoms with Crippen LogP contribution in [0.2, 0.25) is 0 Å². The highest BCUT2D eigenvalue weighted by atomic mass is 32.2. The van der Waals surface area contributed by atoms with Crippen molar-refractivity contribution in [2.75, 3.05) is 24.5 Å². The van der Waals surface area contributed by atoms with Crippen molar-refractivity contribution in [1.29, 1.82) is 0 Å². The number of hydrogen-bond acceptors (Lipinski definition) is 5. The van der Waals surface area contributed by atoms with Crippen molar-refractivity contribution in [2.24, 2.45) is 7.05 Å². The quantitative estimate of drug-likeness (QED) is 0.196. The zero-order valence-corrected chi connectivity index (χ0v) is 22.2. The van der Waals surface area contributed by atoms with Crippen LogP contribution in [0.4, 0.5) is 5.69 Å². The van der Waals surface area contributed by atoms with Gasteiger partial charge in [0.1, 0.15) is 11.7 Å². The Morgan fingerprint density at radius 3 is 2.56 bits per heavy atom. The summed E-state index contributed by atoms with van der Waals surface area (Å²) in [4.78, 5) is 6.19. The monoisotopic (exact) mass is 495 g/mol. The van der Waals surface area contributed by atoms with E-state index in [0.29, 0.717) is 0 Å². The lowest BCUT2D eigenvalue weighted by molar-refractivity contribution is -0.642. The molecule has 0 fully saturated rings. The van der Waals surface area contributed by atoms with Crippen molar-refractivity contribution in [3.8, 4) is 0 Å². The van der Waals surface area contributed by atoms with Gasteiger partial charge in [0.25, 0.3) is 5.01 Å². The average molecular weight is 496 g/mol. The molecule has 6 heteroatoms. The Kier molecular flexibility index (Phi) is 7.56. The van der Waals surface area contributed by atoms with Gasteiger partial charge in [-0.3, -0.25) is 0 Å². The van der Waals surface area contributed by atoms with Crippen molar-refractivity contribution in [3.63, 3.8) is 0 Å². The van der Waals surface area contributed by atoms with E-state index in [1.807, 2.05) is 23.1 Å². The Morgan fingerprint density at radius 1 is 1.03 bits per heavy atom. The molecule has 3 aromatic rings. The molecule has 0 aliphatic carbocycles. The zero-order valence-electron chi connectivity index (χ0n) is 19.0. The van der Waals surface area contributed by atoms with Crippen LogP contribution in [-0.2, 0) is 7.05 Å². The van der Waals surface area contributed by atoms with E-state index in [9.17, 15) is 0 Å². The van der Waals surface area contributed by atoms with Crippen molar-refractivity contribution >= 4 is 68.6 Å². The van der Waals surface area contributed by atoms with E-state index in [-0.39, 0.29) is 0 Å². The summed E-state index contributed by atoms with van der Waals surface area (Å²) in [6.45, 7) is 2.14. The van der Waals surface area contributed by atoms with Crippen LogP contribution in [0.3, 0.4) is 0 Å². The molecular formula is C26H27N2S4+. The standard InChI is InChI=1S/C26H27N2S4/c1-18(8-6-10-25-27(2)21-16-19(29-4)12-14-23(21)31-25)9-7-11-26-28(3)22-17-20(30-5)13-15-24(22)32-26/h6-17H,1-5H3/q+1. The minimum Gasteiger partial charge on any atom is -0.338 e. The van der Waals surface area contributed by atoms with Crippen LogP contribution in [0.1, 0.15) is 11.9 Å². The summed E-state index contributed by atoms with van der Waals surface area (Å²) in [7, 11) is 4.28. The van der Waals surface area contributed by atoms with Gasteiger partial charge in [0.2, 0.25) is 5.52 Å². The molecule has 0 bridgehead atoms. The van der Waals surface area contributed by atoms with Crippen molar-refractivity contribution < 1.29 is 4.57 Å². The molecule has 1 aromatic heterocycles. The molecule has 0 radical (unpaired) electrons. The maximum Gasteiger partial charge on any atom is 0.262 e. The second kappa shape index (κ2) is 10.4. The first-order chi connectivity index (χ1) is 15.5. The third-order valence-electron chi connectivity index (χ3n) is 5.34. The first-order valence-corrected chi connectivity index (χ1v) is 14.4. The van der Waals surface area contributed by atoms with Gasteiger partial charge in [0.15, 0.2) is 0 Å². The molecule has 0 atom stereocenters. The maximum absolute atomic E-state index is 2.27. The van der Waals surface area contributed by atoms with E-state index >= 15 is 0 Å². The van der Waals surface area contributed by atoms with Crippen LogP contribution >= 0.6 is 46.6 Å². The lowest BCUT2D eigenvalue weighted by Gasteiger charge is -2.13. The summed E-state index contributed by atoms with van der Waals surface area (Å²) in [6.07, 6.45) is 17.2. The summed E-state index contributed by atoms with van der Waals surface area (Å²) in [5, 5.41) is 2.50. The number of rotatable bonds is 6. The van der Waals surface area contributed by atoms with Gasteiger partial charge < -0.3 is 4.90 Å². The fraction of sp³-hybridized carbons (Fsp3) is 0.192. The molecule has 0 saturated carbocycles. The molecule has 2 heterocycles. The maximum atomic E-state index is 2.27. The fourth-order valence-corrected chi connectivity index (χ4v) is 6.41. The normalized spacial score (nSPS) is 15.7. The predicted octanol–water partition coefficient (Wildman–Crippen LogP) is 7.77. The van der Waals surface area contributed by atoms with Crippen molar-refractivity contribution in [3.05, 3.63) is 82.4 Å². The van der Waals surface area contributed by atoms with Crippen LogP contribution in [0.25, 0.3) is 16.3 Å². The van der Waals surface area contributed by atoms with Gasteiger partial charge in [0, 0.05) is 33.9 Å². The SMILES string of the molecule is CSc1ccc2c(c1)N(C)/C(=C/C=C/C(C)=C/C=C/c1sc3ccc(SC)cc3[n+]1C)S2. The van der Waals surface area contributed by atoms with E-state index in [1.165, 1.54) is 46.2 Å². The second-order valence-corrected chi connectivity index (χ2v) is 11.3. The number of fused-ring (bicyclic) bond motifs is 2. The van der Waals surface area contributed by atoms with Crippen LogP contribution in [-0.4, -0.2) is 19.6 Å². The van der Waals surface area contributed by atoms with Crippen LogP contribution in [0.15, 0.2) is 92.1 Å². The lowest BCUT2D eigenvalue weighted by Crippen LogP contribution is -2.28. The molecule has 2 aromatic carbocycles. The molecular weight excluding hydrogens is 469 g/mol. The number of nitrogens with zero attached hydrogens (tertiary/aromatic N) is 2. The first kappa shape index (κ1) is 23.3. The van der Waals surface area contributed by atoms with Crippen LogP contribution in [0, 0.1) is 0 Å². The lowest BCUT2D eigenvalue weighted by atomic mass is 10.2. The number of hydrogen-bond donors (Lipinski definition) is 0. The van der Waals surface area contributed by atoms with Gasteiger partial charge in [-0.1, -0.05) is 53.0 Å². The minimum atomic E-state index is 1.22. The summed E-state index contributed by atoms with van der Waals surface area (Å²) < 4.78 is 3.59. The Bertz CT molecular complexity index is 1260. The Labute approximate surface area is 207 Å². The van der Waals surface area contributed by atoms with E-state index in [4.69, 9.17) is 0 Å². The summed E-state index contributed by atoms with van der Waals surface area (Å²) in [6, 6.07) is 13.4. The van der Waals surface area contributed by atoms with E-state index in [1.54, 1.807) is 23.5 Å². The van der Waals surface area contributed by atoms with Gasteiger partial charge in [-0.15, -0.1) is 23.5 Å². The molecule has 32 heavy (non-hydrogen) atoms. The van der Waals surface area contributed by atoms with Gasteiger partial charge in [0.05, 0.1) is 10.7 Å². The molecule has 1 aliphatic heterocycles. The Morgan fingerprint density at radius 2 is 1.78 bits per heavy atom. The van der Waals surface area contributed by atoms with Crippen molar-refractivity contribution in [1.82, 2.24) is 0 Å². The van der Waals surface area contributed by atoms with Gasteiger partial charge >= 0.3 is 0 Å². The molecule has 4 rings (SSSR count). The first-order valence-electron chi connectivity index (χ1n) is 10.3. The predicted molar refractivity (Wildman–Crippen MR) is 147 cm³/mol. The van der Waals surface area contributed by atoms with E-state index in [2.05, 4.69) is 116 Å². The Balaban J connectivity index is 1.43. The molecule has 2 nitrogen and oxygen atoms in total. The summed E-state index contributed by atoms with van der Waals surface area (Å²) >= 11 is 7.22. The largest absolute Gasteiger partial charge is 0.338 e. The number of benzene rings is 2. The smallest absolute Gasteiger partial charge is 0.262 e. The third kappa shape index (κ3) is 5.04. The topological polar surface area (TPSA) is 7.12 Å². The van der Waals surface area contributed by atoms with Gasteiger partial charge in [-0.25, -0.2) is 0 Å². The highest BCUT2D eigenvalue weighted by Crippen LogP contribution is 2.46. The molecule has 0 amide bonds. The summed E-state index contributed by atoms with van der Waals surface area (Å²) in [5.41, 5.74) is 3.80. The highest BCUT2D eigenvalue weighted by molar-refractivity contribution is 8.03. The minimum absolute atomic E-state index is 1.22. The zero-order chi connectivity index (χ0) is 22.7. The molecule has 1 aliphatic rings. The average Bonchev–Trinajstić information content (AvgIpc) is 3.29. The number of aryl methyl sites for hydroxylation is 1. The van der Waals surface area contributed by atoms with Crippen molar-refractivity contribution in [2.45, 2.75) is 21.6 Å². The molecule has 0 saturated heterocycles. The Hall–Kier alpha value is -1.86.